The average Bonchev–Trinajstić information content (AvgIpc) is 2.42. The minimum Gasteiger partial charge on any atom is -0.461 e. The zero-order valence-corrected chi connectivity index (χ0v) is 10.6. The maximum absolute atomic E-state index is 12.2. The molecule has 0 saturated carbocycles. The van der Waals surface area contributed by atoms with E-state index in [-0.39, 0.29) is 12.3 Å². The molecule has 5 heteroatoms. The van der Waals surface area contributed by atoms with E-state index < -0.39 is 11.4 Å². The molecule has 0 spiro atoms. The number of aromatic nitrogens is 2. The van der Waals surface area contributed by atoms with Gasteiger partial charge in [-0.25, -0.2) is 4.79 Å². The van der Waals surface area contributed by atoms with Gasteiger partial charge in [0.25, 0.3) is 0 Å². The highest BCUT2D eigenvalue weighted by atomic mass is 16.5. The standard InChI is InChI=1S/C14H14N2O3/c1-3-9-16-11-8-6-5-7-10(11)13(17)12(15-16)14(18)19-4-2/h3,5-8H,1,4,9H2,2H3. The van der Waals surface area contributed by atoms with Crippen LogP contribution in [0.1, 0.15) is 17.4 Å². The molecular formula is C14H14N2O3. The van der Waals surface area contributed by atoms with Crippen LogP contribution in [0.2, 0.25) is 0 Å². The van der Waals surface area contributed by atoms with E-state index in [1.54, 1.807) is 35.9 Å². The monoisotopic (exact) mass is 258 g/mol. The van der Waals surface area contributed by atoms with Gasteiger partial charge in [0, 0.05) is 5.39 Å². The third kappa shape index (κ3) is 2.40. The van der Waals surface area contributed by atoms with Crippen LogP contribution >= 0.6 is 0 Å². The smallest absolute Gasteiger partial charge is 0.362 e. The van der Waals surface area contributed by atoms with E-state index in [4.69, 9.17) is 4.74 Å². The molecule has 1 aromatic carbocycles. The van der Waals surface area contributed by atoms with E-state index in [0.717, 1.165) is 0 Å². The Hall–Kier alpha value is -2.43. The Labute approximate surface area is 110 Å². The van der Waals surface area contributed by atoms with Gasteiger partial charge in [-0.1, -0.05) is 18.2 Å². The topological polar surface area (TPSA) is 61.2 Å². The molecule has 1 aromatic heterocycles. The lowest BCUT2D eigenvalue weighted by molar-refractivity contribution is 0.0515. The van der Waals surface area contributed by atoms with Crippen LogP contribution in [0, 0.1) is 0 Å². The molecule has 5 nitrogen and oxygen atoms in total. The maximum Gasteiger partial charge on any atom is 0.362 e. The van der Waals surface area contributed by atoms with E-state index in [9.17, 15) is 9.59 Å². The normalized spacial score (nSPS) is 10.4. The molecule has 98 valence electrons. The summed E-state index contributed by atoms with van der Waals surface area (Å²) >= 11 is 0. The maximum atomic E-state index is 12.2. The summed E-state index contributed by atoms with van der Waals surface area (Å²) in [4.78, 5) is 23.9. The molecule has 0 N–H and O–H groups in total. The summed E-state index contributed by atoms with van der Waals surface area (Å²) in [5.74, 6) is -0.698. The molecule has 0 aliphatic carbocycles. The van der Waals surface area contributed by atoms with Crippen LogP contribution in [0.15, 0.2) is 41.7 Å². The fourth-order valence-electron chi connectivity index (χ4n) is 1.83. The molecule has 19 heavy (non-hydrogen) atoms. The summed E-state index contributed by atoms with van der Waals surface area (Å²) in [5, 5.41) is 4.51. The van der Waals surface area contributed by atoms with Gasteiger partial charge in [0.1, 0.15) is 0 Å². The van der Waals surface area contributed by atoms with Crippen LogP contribution in [0.3, 0.4) is 0 Å². The Kier molecular flexibility index (Phi) is 3.75. The summed E-state index contributed by atoms with van der Waals surface area (Å²) in [6.45, 7) is 5.94. The van der Waals surface area contributed by atoms with Crippen LogP contribution in [-0.4, -0.2) is 22.4 Å². The van der Waals surface area contributed by atoms with Gasteiger partial charge in [-0.3, -0.25) is 9.48 Å². The first-order chi connectivity index (χ1) is 9.19. The lowest BCUT2D eigenvalue weighted by atomic mass is 10.2. The Morgan fingerprint density at radius 3 is 2.89 bits per heavy atom. The largest absolute Gasteiger partial charge is 0.461 e. The summed E-state index contributed by atoms with van der Waals surface area (Å²) in [7, 11) is 0. The second-order valence-corrected chi connectivity index (χ2v) is 3.89. The van der Waals surface area contributed by atoms with Gasteiger partial charge in [0.2, 0.25) is 11.1 Å². The van der Waals surface area contributed by atoms with Crippen molar-refractivity contribution in [2.75, 3.05) is 6.61 Å². The number of fused-ring (bicyclic) bond motifs is 1. The second kappa shape index (κ2) is 5.48. The number of nitrogens with zero attached hydrogens (tertiary/aromatic N) is 2. The van der Waals surface area contributed by atoms with Gasteiger partial charge in [-0.15, -0.1) is 6.58 Å². The molecular weight excluding hydrogens is 244 g/mol. The second-order valence-electron chi connectivity index (χ2n) is 3.89. The fraction of sp³-hybridized carbons (Fsp3) is 0.214. The first kappa shape index (κ1) is 13.0. The Balaban J connectivity index is 2.72. The Bertz CT molecular complexity index is 689. The highest BCUT2D eigenvalue weighted by molar-refractivity contribution is 5.91. The predicted octanol–water partition coefficient (Wildman–Crippen LogP) is 1.76. The van der Waals surface area contributed by atoms with Gasteiger partial charge in [0.05, 0.1) is 18.7 Å². The van der Waals surface area contributed by atoms with Crippen LogP contribution < -0.4 is 5.43 Å². The van der Waals surface area contributed by atoms with Crippen molar-refractivity contribution in [1.82, 2.24) is 9.78 Å². The first-order valence-electron chi connectivity index (χ1n) is 5.97. The average molecular weight is 258 g/mol. The Morgan fingerprint density at radius 2 is 2.21 bits per heavy atom. The molecule has 0 aliphatic rings. The number of carbonyl (C=O) groups is 1. The number of esters is 1. The van der Waals surface area contributed by atoms with Crippen LogP contribution in [0.25, 0.3) is 10.9 Å². The number of rotatable bonds is 4. The minimum atomic E-state index is -0.698. The molecule has 0 atom stereocenters. The summed E-state index contributed by atoms with van der Waals surface area (Å²) in [6.07, 6.45) is 1.65. The number of para-hydroxylation sites is 1. The van der Waals surface area contributed by atoms with Crippen molar-refractivity contribution in [1.29, 1.82) is 0 Å². The highest BCUT2D eigenvalue weighted by Gasteiger charge is 2.17. The van der Waals surface area contributed by atoms with E-state index in [2.05, 4.69) is 11.7 Å². The van der Waals surface area contributed by atoms with Gasteiger partial charge >= 0.3 is 5.97 Å². The SMILES string of the molecule is C=CCn1nc(C(=O)OCC)c(=O)c2ccccc21. The number of allylic oxidation sites excluding steroid dienone is 1. The van der Waals surface area contributed by atoms with Crippen LogP contribution in [-0.2, 0) is 11.3 Å². The van der Waals surface area contributed by atoms with E-state index in [1.807, 2.05) is 6.07 Å². The third-order valence-corrected chi connectivity index (χ3v) is 2.63. The minimum absolute atomic E-state index is 0.192. The van der Waals surface area contributed by atoms with Crippen molar-refractivity contribution >= 4 is 16.9 Å². The van der Waals surface area contributed by atoms with Crippen molar-refractivity contribution in [3.8, 4) is 0 Å². The molecule has 0 unspecified atom stereocenters. The molecule has 2 aromatic rings. The molecule has 0 fully saturated rings. The van der Waals surface area contributed by atoms with Crippen molar-refractivity contribution in [2.45, 2.75) is 13.5 Å². The zero-order chi connectivity index (χ0) is 13.8. The molecule has 0 saturated heterocycles. The Morgan fingerprint density at radius 1 is 1.47 bits per heavy atom. The molecule has 0 aliphatic heterocycles. The molecule has 0 bridgehead atoms. The predicted molar refractivity (Wildman–Crippen MR) is 72.2 cm³/mol. The lowest BCUT2D eigenvalue weighted by Gasteiger charge is -2.09. The number of hydrogen-bond donors (Lipinski definition) is 0. The third-order valence-electron chi connectivity index (χ3n) is 2.63. The van der Waals surface area contributed by atoms with Gasteiger partial charge < -0.3 is 4.74 Å². The van der Waals surface area contributed by atoms with Gasteiger partial charge in [-0.2, -0.15) is 5.10 Å². The summed E-state index contributed by atoms with van der Waals surface area (Å²) in [6, 6.07) is 7.01. The number of ether oxygens (including phenoxy) is 1. The zero-order valence-electron chi connectivity index (χ0n) is 10.6. The fourth-order valence-corrected chi connectivity index (χ4v) is 1.83. The van der Waals surface area contributed by atoms with Gasteiger partial charge in [-0.05, 0) is 19.1 Å². The van der Waals surface area contributed by atoms with E-state index in [1.165, 1.54) is 0 Å². The molecule has 0 radical (unpaired) electrons. The molecule has 0 amide bonds. The first-order valence-corrected chi connectivity index (χ1v) is 5.97. The van der Waals surface area contributed by atoms with Crippen LogP contribution in [0.5, 0.6) is 0 Å². The quantitative estimate of drug-likeness (QED) is 0.619. The van der Waals surface area contributed by atoms with Gasteiger partial charge in [0.15, 0.2) is 0 Å². The number of hydrogen-bond acceptors (Lipinski definition) is 4. The lowest BCUT2D eigenvalue weighted by Crippen LogP contribution is -2.24. The van der Waals surface area contributed by atoms with Crippen molar-refractivity contribution < 1.29 is 9.53 Å². The van der Waals surface area contributed by atoms with Crippen molar-refractivity contribution in [2.24, 2.45) is 0 Å². The van der Waals surface area contributed by atoms with Crippen molar-refractivity contribution in [3.63, 3.8) is 0 Å². The number of benzene rings is 1. The van der Waals surface area contributed by atoms with E-state index in [0.29, 0.717) is 17.4 Å². The molecule has 2 rings (SSSR count). The summed E-state index contributed by atoms with van der Waals surface area (Å²) in [5.41, 5.74) is 0.0669. The van der Waals surface area contributed by atoms with Crippen molar-refractivity contribution in [3.05, 3.63) is 52.8 Å². The number of carbonyl (C=O) groups excluding carboxylic acids is 1. The molecule has 1 heterocycles. The highest BCUT2D eigenvalue weighted by Crippen LogP contribution is 2.10. The summed E-state index contributed by atoms with van der Waals surface area (Å²) < 4.78 is 6.42. The van der Waals surface area contributed by atoms with Crippen LogP contribution in [0.4, 0.5) is 0 Å². The van der Waals surface area contributed by atoms with E-state index >= 15 is 0 Å².